The first-order chi connectivity index (χ1) is 15.0. The molecule has 0 unspecified atom stereocenters. The van der Waals surface area contributed by atoms with Crippen molar-refractivity contribution in [1.82, 2.24) is 19.6 Å². The predicted octanol–water partition coefficient (Wildman–Crippen LogP) is 5.99. The highest BCUT2D eigenvalue weighted by Gasteiger charge is 2.21. The highest BCUT2D eigenvalue weighted by atomic mass is 32.2. The third-order valence-electron chi connectivity index (χ3n) is 5.12. The van der Waals surface area contributed by atoms with Gasteiger partial charge in [-0.15, -0.1) is 21.5 Å². The molecule has 0 aliphatic rings. The van der Waals surface area contributed by atoms with Gasteiger partial charge in [-0.25, -0.2) is 4.98 Å². The molecule has 0 bridgehead atoms. The van der Waals surface area contributed by atoms with Crippen molar-refractivity contribution in [2.45, 2.75) is 31.7 Å². The molecule has 0 atom stereocenters. The topological polar surface area (TPSA) is 63.4 Å². The van der Waals surface area contributed by atoms with Gasteiger partial charge in [0, 0.05) is 18.1 Å². The zero-order chi connectivity index (χ0) is 21.5. The third kappa shape index (κ3) is 3.62. The van der Waals surface area contributed by atoms with Crippen molar-refractivity contribution in [2.24, 2.45) is 0 Å². The summed E-state index contributed by atoms with van der Waals surface area (Å²) in [6, 6.07) is 14.2. The minimum absolute atomic E-state index is 0.0499. The minimum Gasteiger partial charge on any atom is -0.274 e. The fraction of sp³-hybridized carbons (Fsp3) is 0.182. The highest BCUT2D eigenvalue weighted by molar-refractivity contribution is 7.98. The average Bonchev–Trinajstić information content (AvgIpc) is 3.45. The molecule has 0 N–H and O–H groups in total. The highest BCUT2D eigenvalue weighted by Crippen LogP contribution is 2.35. The van der Waals surface area contributed by atoms with Gasteiger partial charge in [-0.3, -0.25) is 14.1 Å². The summed E-state index contributed by atoms with van der Waals surface area (Å²) in [5, 5.41) is 12.2. The number of fused-ring (bicyclic) bond motifs is 3. The minimum atomic E-state index is -0.0499. The summed E-state index contributed by atoms with van der Waals surface area (Å²) in [6.45, 7) is 5.66. The van der Waals surface area contributed by atoms with Crippen LogP contribution in [0.15, 0.2) is 53.0 Å². The van der Waals surface area contributed by atoms with Gasteiger partial charge in [0.1, 0.15) is 0 Å². The molecule has 1 amide bonds. The molecule has 3 heterocycles. The van der Waals surface area contributed by atoms with E-state index in [-0.39, 0.29) is 5.91 Å². The Hall–Kier alpha value is -2.75. The van der Waals surface area contributed by atoms with Crippen LogP contribution in [0.5, 0.6) is 0 Å². The van der Waals surface area contributed by atoms with Crippen molar-refractivity contribution in [3.8, 4) is 0 Å². The van der Waals surface area contributed by atoms with E-state index in [1.807, 2.05) is 36.6 Å². The number of anilines is 2. The molecule has 6 nitrogen and oxygen atoms in total. The van der Waals surface area contributed by atoms with E-state index in [1.165, 1.54) is 16.0 Å². The van der Waals surface area contributed by atoms with Crippen LogP contribution in [0.25, 0.3) is 15.2 Å². The number of hydrogen-bond donors (Lipinski definition) is 0. The lowest BCUT2D eigenvalue weighted by Gasteiger charge is -2.21. The van der Waals surface area contributed by atoms with Crippen LogP contribution in [0.1, 0.15) is 23.7 Å². The van der Waals surface area contributed by atoms with Gasteiger partial charge in [0.25, 0.3) is 0 Å². The number of amides is 1. The molecule has 0 spiro atoms. The normalized spacial score (nSPS) is 11.5. The largest absolute Gasteiger partial charge is 0.274 e. The van der Waals surface area contributed by atoms with Crippen molar-refractivity contribution in [3.63, 3.8) is 0 Å². The summed E-state index contributed by atoms with van der Waals surface area (Å²) in [5.41, 5.74) is 5.14. The van der Waals surface area contributed by atoms with Gasteiger partial charge in [-0.05, 0) is 43.2 Å². The molecule has 3 aromatic heterocycles. The summed E-state index contributed by atoms with van der Waals surface area (Å²) in [7, 11) is 0. The Morgan fingerprint density at radius 3 is 2.81 bits per heavy atom. The Morgan fingerprint density at radius 2 is 1.97 bits per heavy atom. The number of aromatic nitrogens is 4. The van der Waals surface area contributed by atoms with E-state index < -0.39 is 0 Å². The molecule has 0 aliphatic heterocycles. The number of rotatable bonds is 5. The number of hydrogen-bond acceptors (Lipinski definition) is 7. The molecule has 2 aromatic carbocycles. The van der Waals surface area contributed by atoms with Gasteiger partial charge in [0.2, 0.25) is 10.9 Å². The molecule has 5 rings (SSSR count). The first-order valence-corrected chi connectivity index (χ1v) is 12.4. The lowest BCUT2D eigenvalue weighted by atomic mass is 10.1. The Bertz CT molecular complexity index is 1420. The van der Waals surface area contributed by atoms with E-state index in [0.29, 0.717) is 10.9 Å². The van der Waals surface area contributed by atoms with E-state index >= 15 is 0 Å². The van der Waals surface area contributed by atoms with Gasteiger partial charge in [0.05, 0.1) is 21.6 Å². The number of aryl methyl sites for hydroxylation is 1. The second-order valence-corrected chi connectivity index (χ2v) is 9.94. The maximum atomic E-state index is 12.5. The zero-order valence-corrected chi connectivity index (χ0v) is 19.6. The summed E-state index contributed by atoms with van der Waals surface area (Å²) in [6.07, 6.45) is 0. The van der Waals surface area contributed by atoms with Crippen LogP contribution in [-0.2, 0) is 10.5 Å². The van der Waals surface area contributed by atoms with Crippen LogP contribution in [0.3, 0.4) is 0 Å². The van der Waals surface area contributed by atoms with Crippen LogP contribution in [0, 0.1) is 13.8 Å². The molecule has 0 radical (unpaired) electrons. The molecule has 5 aromatic rings. The maximum absolute atomic E-state index is 12.5. The van der Waals surface area contributed by atoms with Gasteiger partial charge >= 0.3 is 0 Å². The van der Waals surface area contributed by atoms with Crippen LogP contribution < -0.4 is 4.90 Å². The molecule has 0 fully saturated rings. The average molecular weight is 466 g/mol. The fourth-order valence-corrected chi connectivity index (χ4v) is 6.28. The Labute approximate surface area is 191 Å². The van der Waals surface area contributed by atoms with Crippen LogP contribution >= 0.6 is 34.4 Å². The summed E-state index contributed by atoms with van der Waals surface area (Å²) in [5.74, 6) is 0.603. The van der Waals surface area contributed by atoms with Crippen LogP contribution in [-0.4, -0.2) is 25.5 Å². The lowest BCUT2D eigenvalue weighted by Crippen LogP contribution is -2.23. The third-order valence-corrected chi connectivity index (χ3v) is 7.97. The van der Waals surface area contributed by atoms with Gasteiger partial charge < -0.3 is 0 Å². The SMILES string of the molecule is CC(=O)N(c1nc(CSc2nnc3sc4ccccc4n23)cs1)c1cccc(C)c1C. The Morgan fingerprint density at radius 1 is 1.13 bits per heavy atom. The second kappa shape index (κ2) is 8.07. The van der Waals surface area contributed by atoms with Crippen molar-refractivity contribution < 1.29 is 4.79 Å². The van der Waals surface area contributed by atoms with E-state index in [0.717, 1.165) is 38.1 Å². The Kier molecular flexibility index (Phi) is 5.25. The fourth-order valence-electron chi connectivity index (χ4n) is 3.44. The van der Waals surface area contributed by atoms with Gasteiger partial charge in [-0.1, -0.05) is 47.4 Å². The van der Waals surface area contributed by atoms with Crippen LogP contribution in [0.4, 0.5) is 10.8 Å². The van der Waals surface area contributed by atoms with Crippen molar-refractivity contribution in [3.05, 3.63) is 64.7 Å². The standard InChI is InChI=1S/C22H19N5OS3/c1-13-7-6-9-17(14(13)2)26(15(3)28)20-23-16(11-29-20)12-30-21-24-25-22-27(21)18-8-4-5-10-19(18)31-22/h4-11H,12H2,1-3H3. The molecule has 0 aliphatic carbocycles. The predicted molar refractivity (Wildman–Crippen MR) is 129 cm³/mol. The second-order valence-electron chi connectivity index (χ2n) is 7.15. The number of benzene rings is 2. The molecular formula is C22H19N5OS3. The zero-order valence-electron chi connectivity index (χ0n) is 17.2. The van der Waals surface area contributed by atoms with Crippen molar-refractivity contribution >= 4 is 66.3 Å². The molecular weight excluding hydrogens is 446 g/mol. The van der Waals surface area contributed by atoms with Crippen molar-refractivity contribution in [2.75, 3.05) is 4.90 Å². The van der Waals surface area contributed by atoms with E-state index in [1.54, 1.807) is 34.9 Å². The summed E-state index contributed by atoms with van der Waals surface area (Å²) >= 11 is 4.71. The molecule has 0 saturated carbocycles. The lowest BCUT2D eigenvalue weighted by molar-refractivity contribution is -0.115. The first-order valence-electron chi connectivity index (χ1n) is 9.69. The van der Waals surface area contributed by atoms with Crippen molar-refractivity contribution in [1.29, 1.82) is 0 Å². The van der Waals surface area contributed by atoms with Gasteiger partial charge in [-0.2, -0.15) is 0 Å². The smallest absolute Gasteiger partial charge is 0.230 e. The first kappa shape index (κ1) is 20.2. The summed E-state index contributed by atoms with van der Waals surface area (Å²) in [4.78, 5) is 19.8. The maximum Gasteiger partial charge on any atom is 0.230 e. The monoisotopic (exact) mass is 465 g/mol. The van der Waals surface area contributed by atoms with Crippen LogP contribution in [0.2, 0.25) is 0 Å². The number of carbonyl (C=O) groups excluding carboxylic acids is 1. The van der Waals surface area contributed by atoms with Gasteiger partial charge in [0.15, 0.2) is 10.3 Å². The number of nitrogens with zero attached hydrogens (tertiary/aromatic N) is 5. The van der Waals surface area contributed by atoms with E-state index in [4.69, 9.17) is 4.98 Å². The molecule has 156 valence electrons. The quantitative estimate of drug-likeness (QED) is 0.298. The van der Waals surface area contributed by atoms with E-state index in [2.05, 4.69) is 39.7 Å². The molecule has 9 heteroatoms. The molecule has 0 saturated heterocycles. The number of carbonyl (C=O) groups is 1. The van der Waals surface area contributed by atoms with E-state index in [9.17, 15) is 4.79 Å². The molecule has 31 heavy (non-hydrogen) atoms. The Balaban J connectivity index is 1.41. The number of thiazole rings is 2. The number of thioether (sulfide) groups is 1. The summed E-state index contributed by atoms with van der Waals surface area (Å²) < 4.78 is 3.28. The number of para-hydroxylation sites is 1.